The van der Waals surface area contributed by atoms with E-state index in [-0.39, 0.29) is 17.8 Å². The van der Waals surface area contributed by atoms with Crippen LogP contribution in [0.1, 0.15) is 44.6 Å². The van der Waals surface area contributed by atoms with Crippen LogP contribution >= 0.6 is 0 Å². The fraction of sp³-hybridized carbons (Fsp3) is 0.562. The lowest BCUT2D eigenvalue weighted by atomic mass is 9.95. The fourth-order valence-corrected chi connectivity index (χ4v) is 2.47. The molecule has 4 heteroatoms. The van der Waals surface area contributed by atoms with E-state index in [1.165, 1.54) is 25.3 Å². The van der Waals surface area contributed by atoms with Crippen LogP contribution in [0.2, 0.25) is 0 Å². The van der Waals surface area contributed by atoms with E-state index in [0.717, 1.165) is 12.8 Å². The van der Waals surface area contributed by atoms with Crippen molar-refractivity contribution in [2.75, 3.05) is 0 Å². The maximum absolute atomic E-state index is 13.4. The number of amides is 1. The summed E-state index contributed by atoms with van der Waals surface area (Å²) < 4.78 is 18.9. The Morgan fingerprint density at radius 2 is 2.05 bits per heavy atom. The van der Waals surface area contributed by atoms with Crippen molar-refractivity contribution < 1.29 is 13.9 Å². The second kappa shape index (κ2) is 6.73. The molecule has 1 aliphatic rings. The number of aryl methyl sites for hydroxylation is 1. The molecule has 0 radical (unpaired) electrons. The van der Waals surface area contributed by atoms with Crippen LogP contribution in [0.4, 0.5) is 4.39 Å². The van der Waals surface area contributed by atoms with Crippen molar-refractivity contribution in [2.24, 2.45) is 0 Å². The van der Waals surface area contributed by atoms with Gasteiger partial charge in [0.2, 0.25) is 0 Å². The lowest BCUT2D eigenvalue weighted by Gasteiger charge is -2.24. The van der Waals surface area contributed by atoms with Gasteiger partial charge < -0.3 is 10.1 Å². The molecule has 2 rings (SSSR count). The molecule has 20 heavy (non-hydrogen) atoms. The molecule has 3 nitrogen and oxygen atoms in total. The first-order chi connectivity index (χ1) is 9.56. The molecular formula is C16H22FNO2. The zero-order valence-corrected chi connectivity index (χ0v) is 12.1. The Bertz CT molecular complexity index is 470. The number of benzene rings is 1. The number of ether oxygens (including phenoxy) is 1. The number of nitrogens with one attached hydrogen (secondary N) is 1. The predicted octanol–water partition coefficient (Wildman–Crippen LogP) is 3.35. The molecule has 110 valence electrons. The molecule has 0 bridgehead atoms. The summed E-state index contributed by atoms with van der Waals surface area (Å²) in [4.78, 5) is 12.0. The third kappa shape index (κ3) is 3.95. The van der Waals surface area contributed by atoms with Crippen LogP contribution < -0.4 is 10.1 Å². The van der Waals surface area contributed by atoms with E-state index in [1.54, 1.807) is 26.0 Å². The van der Waals surface area contributed by atoms with Crippen LogP contribution in [0, 0.1) is 12.7 Å². The summed E-state index contributed by atoms with van der Waals surface area (Å²) >= 11 is 0. The lowest BCUT2D eigenvalue weighted by Crippen LogP contribution is -2.43. The van der Waals surface area contributed by atoms with E-state index < -0.39 is 6.10 Å². The Balaban J connectivity index is 1.88. The van der Waals surface area contributed by atoms with Crippen molar-refractivity contribution in [1.29, 1.82) is 0 Å². The molecule has 0 spiro atoms. The quantitative estimate of drug-likeness (QED) is 0.918. The second-order valence-corrected chi connectivity index (χ2v) is 5.51. The second-order valence-electron chi connectivity index (χ2n) is 5.51. The topological polar surface area (TPSA) is 38.3 Å². The average molecular weight is 279 g/mol. The lowest BCUT2D eigenvalue weighted by molar-refractivity contribution is -0.128. The maximum atomic E-state index is 13.4. The maximum Gasteiger partial charge on any atom is 0.260 e. The van der Waals surface area contributed by atoms with Gasteiger partial charge in [-0.15, -0.1) is 0 Å². The SMILES string of the molecule is Cc1ccc(OC(C)C(=O)NC2CCCCC2)cc1F. The first-order valence-electron chi connectivity index (χ1n) is 7.29. The van der Waals surface area contributed by atoms with Gasteiger partial charge in [-0.3, -0.25) is 4.79 Å². The molecule has 1 aliphatic carbocycles. The van der Waals surface area contributed by atoms with Gasteiger partial charge in [0.05, 0.1) is 0 Å². The van der Waals surface area contributed by atoms with Gasteiger partial charge in [0.1, 0.15) is 11.6 Å². The van der Waals surface area contributed by atoms with Crippen molar-refractivity contribution in [2.45, 2.75) is 58.1 Å². The van der Waals surface area contributed by atoms with Gasteiger partial charge in [-0.05, 0) is 38.3 Å². The number of halogens is 1. The summed E-state index contributed by atoms with van der Waals surface area (Å²) in [6, 6.07) is 4.91. The Labute approximate surface area is 119 Å². The van der Waals surface area contributed by atoms with Gasteiger partial charge in [0.25, 0.3) is 5.91 Å². The highest BCUT2D eigenvalue weighted by molar-refractivity contribution is 5.81. The van der Waals surface area contributed by atoms with Gasteiger partial charge in [-0.1, -0.05) is 25.3 Å². The van der Waals surface area contributed by atoms with E-state index >= 15 is 0 Å². The zero-order valence-electron chi connectivity index (χ0n) is 12.1. The van der Waals surface area contributed by atoms with Crippen molar-refractivity contribution >= 4 is 5.91 Å². The Hall–Kier alpha value is -1.58. The highest BCUT2D eigenvalue weighted by Gasteiger charge is 2.20. The molecule has 0 saturated heterocycles. The molecule has 1 aromatic carbocycles. The van der Waals surface area contributed by atoms with E-state index in [4.69, 9.17) is 4.74 Å². The average Bonchev–Trinajstić information content (AvgIpc) is 2.44. The smallest absolute Gasteiger partial charge is 0.260 e. The first-order valence-corrected chi connectivity index (χ1v) is 7.29. The molecule has 1 fully saturated rings. The van der Waals surface area contributed by atoms with Gasteiger partial charge in [0.15, 0.2) is 6.10 Å². The molecule has 1 unspecified atom stereocenters. The first kappa shape index (κ1) is 14.8. The van der Waals surface area contributed by atoms with E-state index in [2.05, 4.69) is 5.32 Å². The molecule has 1 atom stereocenters. The Kier molecular flexibility index (Phi) is 4.99. The van der Waals surface area contributed by atoms with Gasteiger partial charge in [0, 0.05) is 12.1 Å². The van der Waals surface area contributed by atoms with Crippen LogP contribution in [0.5, 0.6) is 5.75 Å². The van der Waals surface area contributed by atoms with Crippen LogP contribution in [0.15, 0.2) is 18.2 Å². The van der Waals surface area contributed by atoms with Crippen LogP contribution in [-0.2, 0) is 4.79 Å². The van der Waals surface area contributed by atoms with Crippen LogP contribution in [0.3, 0.4) is 0 Å². The number of rotatable bonds is 4. The van der Waals surface area contributed by atoms with Crippen molar-refractivity contribution in [3.05, 3.63) is 29.6 Å². The highest BCUT2D eigenvalue weighted by Crippen LogP contribution is 2.19. The van der Waals surface area contributed by atoms with E-state index in [0.29, 0.717) is 11.3 Å². The molecule has 1 saturated carbocycles. The van der Waals surface area contributed by atoms with Crippen molar-refractivity contribution in [3.63, 3.8) is 0 Å². The van der Waals surface area contributed by atoms with Crippen molar-refractivity contribution in [1.82, 2.24) is 5.32 Å². The summed E-state index contributed by atoms with van der Waals surface area (Å²) in [5, 5.41) is 3.01. The number of hydrogen-bond acceptors (Lipinski definition) is 2. The van der Waals surface area contributed by atoms with Crippen LogP contribution in [0.25, 0.3) is 0 Å². The van der Waals surface area contributed by atoms with Gasteiger partial charge in [-0.25, -0.2) is 4.39 Å². The van der Waals surface area contributed by atoms with Crippen LogP contribution in [-0.4, -0.2) is 18.1 Å². The minimum atomic E-state index is -0.612. The van der Waals surface area contributed by atoms with Gasteiger partial charge in [-0.2, -0.15) is 0 Å². The summed E-state index contributed by atoms with van der Waals surface area (Å²) in [7, 11) is 0. The zero-order chi connectivity index (χ0) is 14.5. The minimum absolute atomic E-state index is 0.127. The number of carbonyl (C=O) groups excluding carboxylic acids is 1. The standard InChI is InChI=1S/C16H22FNO2/c1-11-8-9-14(10-15(11)17)20-12(2)16(19)18-13-6-4-3-5-7-13/h8-10,12-13H,3-7H2,1-2H3,(H,18,19). The molecular weight excluding hydrogens is 257 g/mol. The Morgan fingerprint density at radius 3 is 2.70 bits per heavy atom. The third-order valence-corrected chi connectivity index (χ3v) is 3.78. The number of hydrogen-bond donors (Lipinski definition) is 1. The molecule has 1 amide bonds. The summed E-state index contributed by atoms with van der Waals surface area (Å²) in [6.07, 6.45) is 5.06. The van der Waals surface area contributed by atoms with E-state index in [9.17, 15) is 9.18 Å². The largest absolute Gasteiger partial charge is 0.481 e. The summed E-state index contributed by atoms with van der Waals surface area (Å²) in [5.74, 6) is -0.0559. The minimum Gasteiger partial charge on any atom is -0.481 e. The summed E-state index contributed by atoms with van der Waals surface area (Å²) in [6.45, 7) is 3.38. The Morgan fingerprint density at radius 1 is 1.35 bits per heavy atom. The fourth-order valence-electron chi connectivity index (χ4n) is 2.47. The monoisotopic (exact) mass is 279 g/mol. The highest BCUT2D eigenvalue weighted by atomic mass is 19.1. The van der Waals surface area contributed by atoms with Gasteiger partial charge >= 0.3 is 0 Å². The molecule has 0 aromatic heterocycles. The number of carbonyl (C=O) groups is 1. The third-order valence-electron chi connectivity index (χ3n) is 3.78. The molecule has 1 N–H and O–H groups in total. The summed E-state index contributed by atoms with van der Waals surface area (Å²) in [5.41, 5.74) is 0.566. The molecule has 0 heterocycles. The molecule has 0 aliphatic heterocycles. The van der Waals surface area contributed by atoms with Crippen molar-refractivity contribution in [3.8, 4) is 5.75 Å². The predicted molar refractivity (Wildman–Crippen MR) is 76.2 cm³/mol. The van der Waals surface area contributed by atoms with E-state index in [1.807, 2.05) is 0 Å². The normalized spacial score (nSPS) is 17.6. The molecule has 1 aromatic rings.